The molecule has 0 saturated heterocycles. The summed E-state index contributed by atoms with van der Waals surface area (Å²) in [6.07, 6.45) is 2.11. The van der Waals surface area contributed by atoms with E-state index in [1.54, 1.807) is 0 Å². The van der Waals surface area contributed by atoms with E-state index in [0.717, 1.165) is 17.9 Å². The minimum Gasteiger partial charge on any atom is -0.309 e. The Morgan fingerprint density at radius 1 is 1.40 bits per heavy atom. The lowest BCUT2D eigenvalue weighted by molar-refractivity contribution is 0.596. The van der Waals surface area contributed by atoms with Crippen molar-refractivity contribution in [1.29, 1.82) is 5.26 Å². The highest BCUT2D eigenvalue weighted by atomic mass is 32.2. The Balaban J connectivity index is 2.41. The maximum Gasteiger partial charge on any atom is 0.0991 e. The van der Waals surface area contributed by atoms with Crippen molar-refractivity contribution in [3.8, 4) is 6.07 Å². The molecule has 1 aromatic rings. The molecule has 1 rings (SSSR count). The molecule has 2 nitrogen and oxygen atoms in total. The van der Waals surface area contributed by atoms with Gasteiger partial charge in [-0.3, -0.25) is 0 Å². The van der Waals surface area contributed by atoms with Crippen LogP contribution in [0.3, 0.4) is 0 Å². The quantitative estimate of drug-likeness (QED) is 0.827. The number of thioether (sulfide) groups is 1. The predicted molar refractivity (Wildman–Crippen MR) is 65.8 cm³/mol. The second kappa shape index (κ2) is 6.49. The highest BCUT2D eigenvalue weighted by molar-refractivity contribution is 7.98. The number of rotatable bonds is 5. The minimum atomic E-state index is 0.524. The van der Waals surface area contributed by atoms with Gasteiger partial charge >= 0.3 is 0 Å². The monoisotopic (exact) mass is 220 g/mol. The summed E-state index contributed by atoms with van der Waals surface area (Å²) in [7, 11) is 0. The van der Waals surface area contributed by atoms with Gasteiger partial charge in [-0.05, 0) is 30.9 Å². The third-order valence-corrected chi connectivity index (χ3v) is 2.99. The van der Waals surface area contributed by atoms with Crippen molar-refractivity contribution in [3.05, 3.63) is 35.4 Å². The van der Waals surface area contributed by atoms with E-state index in [1.165, 1.54) is 5.56 Å². The van der Waals surface area contributed by atoms with Crippen molar-refractivity contribution in [2.45, 2.75) is 19.5 Å². The normalized spacial score (nSPS) is 12.1. The maximum atomic E-state index is 8.65. The van der Waals surface area contributed by atoms with Crippen LogP contribution in [0.15, 0.2) is 24.3 Å². The highest BCUT2D eigenvalue weighted by Crippen LogP contribution is 2.04. The van der Waals surface area contributed by atoms with Crippen molar-refractivity contribution in [1.82, 2.24) is 5.32 Å². The lowest BCUT2D eigenvalue weighted by Crippen LogP contribution is -2.27. The molecule has 0 spiro atoms. The Morgan fingerprint density at radius 2 is 2.07 bits per heavy atom. The fourth-order valence-corrected chi connectivity index (χ4v) is 1.92. The van der Waals surface area contributed by atoms with Crippen LogP contribution in [0.1, 0.15) is 18.1 Å². The van der Waals surface area contributed by atoms with E-state index in [-0.39, 0.29) is 0 Å². The summed E-state index contributed by atoms with van der Waals surface area (Å²) in [5.74, 6) is 1.12. The largest absolute Gasteiger partial charge is 0.309 e. The number of nitriles is 1. The van der Waals surface area contributed by atoms with Crippen molar-refractivity contribution in [3.63, 3.8) is 0 Å². The van der Waals surface area contributed by atoms with E-state index in [2.05, 4.69) is 24.6 Å². The fraction of sp³-hybridized carbons (Fsp3) is 0.417. The first-order valence-corrected chi connectivity index (χ1v) is 6.37. The molecular weight excluding hydrogens is 204 g/mol. The lowest BCUT2D eigenvalue weighted by atomic mass is 10.1. The fourth-order valence-electron chi connectivity index (χ4n) is 1.30. The number of hydrogen-bond acceptors (Lipinski definition) is 3. The van der Waals surface area contributed by atoms with Gasteiger partial charge in [0.25, 0.3) is 0 Å². The Bertz CT molecular complexity index is 326. The molecule has 0 fully saturated rings. The second-order valence-electron chi connectivity index (χ2n) is 3.55. The molecule has 0 aliphatic rings. The molecule has 0 bridgehead atoms. The molecule has 0 aliphatic heterocycles. The first kappa shape index (κ1) is 12.1. The first-order valence-electron chi connectivity index (χ1n) is 4.97. The summed E-state index contributed by atoms with van der Waals surface area (Å²) in [5.41, 5.74) is 1.94. The van der Waals surface area contributed by atoms with Crippen LogP contribution >= 0.6 is 11.8 Å². The molecule has 15 heavy (non-hydrogen) atoms. The van der Waals surface area contributed by atoms with Crippen molar-refractivity contribution in [2.75, 3.05) is 12.0 Å². The van der Waals surface area contributed by atoms with Crippen LogP contribution in [0, 0.1) is 11.3 Å². The van der Waals surface area contributed by atoms with Crippen LogP contribution < -0.4 is 5.32 Å². The molecule has 1 atom stereocenters. The summed E-state index contributed by atoms with van der Waals surface area (Å²) >= 11 is 1.85. The maximum absolute atomic E-state index is 8.65. The van der Waals surface area contributed by atoms with E-state index in [0.29, 0.717) is 6.04 Å². The van der Waals surface area contributed by atoms with Gasteiger partial charge in [-0.2, -0.15) is 17.0 Å². The van der Waals surface area contributed by atoms with Gasteiger partial charge < -0.3 is 5.32 Å². The number of nitrogens with zero attached hydrogens (tertiary/aromatic N) is 1. The molecule has 0 amide bonds. The molecule has 80 valence electrons. The van der Waals surface area contributed by atoms with E-state index >= 15 is 0 Å². The average Bonchev–Trinajstić information content (AvgIpc) is 2.27. The molecule has 1 N–H and O–H groups in total. The lowest BCUT2D eigenvalue weighted by Gasteiger charge is -2.12. The molecule has 0 radical (unpaired) electrons. The van der Waals surface area contributed by atoms with Gasteiger partial charge in [0, 0.05) is 18.3 Å². The average molecular weight is 220 g/mol. The molecule has 1 unspecified atom stereocenters. The van der Waals surface area contributed by atoms with Gasteiger partial charge in [0.1, 0.15) is 0 Å². The van der Waals surface area contributed by atoms with Gasteiger partial charge in [0.05, 0.1) is 11.6 Å². The third-order valence-electron chi connectivity index (χ3n) is 2.15. The molecule has 0 aromatic heterocycles. The van der Waals surface area contributed by atoms with E-state index in [9.17, 15) is 0 Å². The second-order valence-corrected chi connectivity index (χ2v) is 4.46. The zero-order valence-corrected chi connectivity index (χ0v) is 9.97. The highest BCUT2D eigenvalue weighted by Gasteiger charge is 2.00. The summed E-state index contributed by atoms with van der Waals surface area (Å²) in [5, 5.41) is 12.1. The molecule has 3 heteroatoms. The van der Waals surface area contributed by atoms with Crippen LogP contribution in [-0.2, 0) is 6.54 Å². The Kier molecular flexibility index (Phi) is 5.23. The van der Waals surface area contributed by atoms with Crippen LogP contribution in [0.4, 0.5) is 0 Å². The SMILES string of the molecule is CSCC(C)NCc1ccc(C#N)cc1. The van der Waals surface area contributed by atoms with Gasteiger partial charge in [-0.1, -0.05) is 12.1 Å². The third kappa shape index (κ3) is 4.37. The van der Waals surface area contributed by atoms with Crippen molar-refractivity contribution in [2.24, 2.45) is 0 Å². The van der Waals surface area contributed by atoms with Crippen LogP contribution in [0.2, 0.25) is 0 Å². The number of hydrogen-bond donors (Lipinski definition) is 1. The van der Waals surface area contributed by atoms with E-state index in [4.69, 9.17) is 5.26 Å². The minimum absolute atomic E-state index is 0.524. The van der Waals surface area contributed by atoms with Gasteiger partial charge in [-0.15, -0.1) is 0 Å². The van der Waals surface area contributed by atoms with E-state index in [1.807, 2.05) is 36.0 Å². The molecule has 1 aromatic carbocycles. The molecule has 0 aliphatic carbocycles. The summed E-state index contributed by atoms with van der Waals surface area (Å²) in [6.45, 7) is 3.05. The molecule has 0 heterocycles. The van der Waals surface area contributed by atoms with Crippen LogP contribution in [-0.4, -0.2) is 18.1 Å². The van der Waals surface area contributed by atoms with E-state index < -0.39 is 0 Å². The van der Waals surface area contributed by atoms with Crippen molar-refractivity contribution < 1.29 is 0 Å². The zero-order valence-electron chi connectivity index (χ0n) is 9.16. The van der Waals surface area contributed by atoms with Crippen LogP contribution in [0.5, 0.6) is 0 Å². The predicted octanol–water partition coefficient (Wildman–Crippen LogP) is 2.40. The Hall–Kier alpha value is -0.980. The Labute approximate surface area is 95.7 Å². The smallest absolute Gasteiger partial charge is 0.0991 e. The zero-order chi connectivity index (χ0) is 11.1. The van der Waals surface area contributed by atoms with Crippen LogP contribution in [0.25, 0.3) is 0 Å². The van der Waals surface area contributed by atoms with Gasteiger partial charge in [0.2, 0.25) is 0 Å². The first-order chi connectivity index (χ1) is 7.26. The summed E-state index contributed by atoms with van der Waals surface area (Å²) in [4.78, 5) is 0. The molecular formula is C12H16N2S. The summed E-state index contributed by atoms with van der Waals surface area (Å²) in [6, 6.07) is 10.3. The standard InChI is InChI=1S/C12H16N2S/c1-10(9-15-2)14-8-12-5-3-11(7-13)4-6-12/h3-6,10,14H,8-9H2,1-2H3. The summed E-state index contributed by atoms with van der Waals surface area (Å²) < 4.78 is 0. The van der Waals surface area contributed by atoms with Crippen molar-refractivity contribution >= 4 is 11.8 Å². The molecule has 0 saturated carbocycles. The topological polar surface area (TPSA) is 35.8 Å². The van der Waals surface area contributed by atoms with Gasteiger partial charge in [-0.25, -0.2) is 0 Å². The number of nitrogens with one attached hydrogen (secondary N) is 1. The Morgan fingerprint density at radius 3 is 2.60 bits per heavy atom. The van der Waals surface area contributed by atoms with Gasteiger partial charge in [0.15, 0.2) is 0 Å². The number of benzene rings is 1.